The zero-order valence-electron chi connectivity index (χ0n) is 10.9. The van der Waals surface area contributed by atoms with Gasteiger partial charge in [0.05, 0.1) is 0 Å². The summed E-state index contributed by atoms with van der Waals surface area (Å²) in [5.74, 6) is 2.73. The van der Waals surface area contributed by atoms with E-state index in [1.807, 2.05) is 0 Å². The maximum atomic E-state index is 6.19. The Kier molecular flexibility index (Phi) is 4.15. The molecule has 1 aromatic rings. The predicted molar refractivity (Wildman–Crippen MR) is 66.5 cm³/mol. The standard InChI is InChI=1S/C13H23N3O/c1-9(2)7-12-15-13(17-16-12)8-11(14)10-5-3-4-6-10/h9-11H,3-8,14H2,1-2H3. The van der Waals surface area contributed by atoms with Crippen LogP contribution in [-0.4, -0.2) is 16.2 Å². The number of nitrogens with two attached hydrogens (primary N) is 1. The lowest BCUT2D eigenvalue weighted by atomic mass is 9.96. The minimum Gasteiger partial charge on any atom is -0.339 e. The average molecular weight is 237 g/mol. The van der Waals surface area contributed by atoms with Crippen LogP contribution in [0.2, 0.25) is 0 Å². The van der Waals surface area contributed by atoms with Gasteiger partial charge >= 0.3 is 0 Å². The number of aromatic nitrogens is 2. The van der Waals surface area contributed by atoms with Crippen molar-refractivity contribution in [2.24, 2.45) is 17.6 Å². The molecule has 96 valence electrons. The van der Waals surface area contributed by atoms with Gasteiger partial charge in [0, 0.05) is 18.9 Å². The fourth-order valence-corrected chi connectivity index (χ4v) is 2.57. The Hall–Kier alpha value is -0.900. The minimum atomic E-state index is 0.185. The molecule has 1 heterocycles. The van der Waals surface area contributed by atoms with Gasteiger partial charge in [0.25, 0.3) is 0 Å². The Labute approximate surface area is 103 Å². The summed E-state index contributed by atoms with van der Waals surface area (Å²) in [4.78, 5) is 4.40. The minimum absolute atomic E-state index is 0.185. The molecule has 1 saturated carbocycles. The molecule has 0 bridgehead atoms. The van der Waals surface area contributed by atoms with Gasteiger partial charge in [-0.25, -0.2) is 0 Å². The molecular formula is C13H23N3O. The van der Waals surface area contributed by atoms with Crippen molar-refractivity contribution in [1.29, 1.82) is 0 Å². The van der Waals surface area contributed by atoms with Crippen molar-refractivity contribution >= 4 is 0 Å². The van der Waals surface area contributed by atoms with Crippen molar-refractivity contribution in [3.63, 3.8) is 0 Å². The van der Waals surface area contributed by atoms with Gasteiger partial charge < -0.3 is 10.3 Å². The zero-order valence-corrected chi connectivity index (χ0v) is 10.9. The first-order valence-corrected chi connectivity index (χ1v) is 6.72. The molecule has 2 rings (SSSR count). The first kappa shape index (κ1) is 12.6. The third-order valence-electron chi connectivity index (χ3n) is 3.52. The van der Waals surface area contributed by atoms with E-state index in [4.69, 9.17) is 10.3 Å². The summed E-state index contributed by atoms with van der Waals surface area (Å²) < 4.78 is 5.25. The maximum absolute atomic E-state index is 6.19. The molecule has 1 atom stereocenters. The molecule has 0 aromatic carbocycles. The molecule has 4 heteroatoms. The normalized spacial score (nSPS) is 19.1. The molecule has 1 aromatic heterocycles. The van der Waals surface area contributed by atoms with E-state index in [0.29, 0.717) is 17.7 Å². The summed E-state index contributed by atoms with van der Waals surface area (Å²) in [6.45, 7) is 4.31. The lowest BCUT2D eigenvalue weighted by Crippen LogP contribution is -2.30. The fraction of sp³-hybridized carbons (Fsp3) is 0.846. The van der Waals surface area contributed by atoms with E-state index in [0.717, 1.165) is 18.7 Å². The molecule has 1 fully saturated rings. The summed E-state index contributed by atoms with van der Waals surface area (Å²) in [6, 6.07) is 0.185. The van der Waals surface area contributed by atoms with Gasteiger partial charge in [-0.15, -0.1) is 0 Å². The Balaban J connectivity index is 1.87. The summed E-state index contributed by atoms with van der Waals surface area (Å²) >= 11 is 0. The topological polar surface area (TPSA) is 64.9 Å². The van der Waals surface area contributed by atoms with Crippen LogP contribution in [-0.2, 0) is 12.8 Å². The zero-order chi connectivity index (χ0) is 12.3. The summed E-state index contributed by atoms with van der Waals surface area (Å²) in [5, 5.41) is 3.99. The van der Waals surface area contributed by atoms with E-state index in [1.54, 1.807) is 0 Å². The second-order valence-electron chi connectivity index (χ2n) is 5.61. The molecule has 1 aliphatic carbocycles. The highest BCUT2D eigenvalue weighted by molar-refractivity contribution is 4.92. The van der Waals surface area contributed by atoms with Crippen molar-refractivity contribution in [1.82, 2.24) is 10.1 Å². The van der Waals surface area contributed by atoms with Crippen LogP contribution in [0.5, 0.6) is 0 Å². The van der Waals surface area contributed by atoms with E-state index in [9.17, 15) is 0 Å². The van der Waals surface area contributed by atoms with Crippen LogP contribution in [0.25, 0.3) is 0 Å². The highest BCUT2D eigenvalue weighted by atomic mass is 16.5. The molecule has 4 nitrogen and oxygen atoms in total. The van der Waals surface area contributed by atoms with E-state index >= 15 is 0 Å². The highest BCUT2D eigenvalue weighted by Gasteiger charge is 2.23. The van der Waals surface area contributed by atoms with Gasteiger partial charge in [-0.05, 0) is 24.7 Å². The molecule has 0 radical (unpaired) electrons. The molecule has 0 spiro atoms. The van der Waals surface area contributed by atoms with Crippen LogP contribution in [0.4, 0.5) is 0 Å². The molecule has 2 N–H and O–H groups in total. The fourth-order valence-electron chi connectivity index (χ4n) is 2.57. The number of hydrogen-bond acceptors (Lipinski definition) is 4. The van der Waals surface area contributed by atoms with Crippen molar-refractivity contribution < 1.29 is 4.52 Å². The second-order valence-corrected chi connectivity index (χ2v) is 5.61. The highest BCUT2D eigenvalue weighted by Crippen LogP contribution is 2.28. The van der Waals surface area contributed by atoms with E-state index in [-0.39, 0.29) is 6.04 Å². The summed E-state index contributed by atoms with van der Waals surface area (Å²) in [6.07, 6.45) is 6.77. The third-order valence-corrected chi connectivity index (χ3v) is 3.52. The van der Waals surface area contributed by atoms with E-state index in [1.165, 1.54) is 25.7 Å². The van der Waals surface area contributed by atoms with Gasteiger partial charge in [-0.1, -0.05) is 31.8 Å². The summed E-state index contributed by atoms with van der Waals surface area (Å²) in [7, 11) is 0. The van der Waals surface area contributed by atoms with Crippen LogP contribution in [0.1, 0.15) is 51.2 Å². The van der Waals surface area contributed by atoms with Crippen LogP contribution < -0.4 is 5.73 Å². The Morgan fingerprint density at radius 3 is 2.65 bits per heavy atom. The summed E-state index contributed by atoms with van der Waals surface area (Å²) in [5.41, 5.74) is 6.19. The smallest absolute Gasteiger partial charge is 0.228 e. The van der Waals surface area contributed by atoms with E-state index in [2.05, 4.69) is 24.0 Å². The predicted octanol–water partition coefficient (Wildman–Crippen LogP) is 2.33. The van der Waals surface area contributed by atoms with Gasteiger partial charge in [0.2, 0.25) is 5.89 Å². The molecule has 1 unspecified atom stereocenters. The largest absolute Gasteiger partial charge is 0.339 e. The van der Waals surface area contributed by atoms with Gasteiger partial charge in [-0.3, -0.25) is 0 Å². The van der Waals surface area contributed by atoms with Crippen molar-refractivity contribution in [3.8, 4) is 0 Å². The van der Waals surface area contributed by atoms with Crippen LogP contribution >= 0.6 is 0 Å². The molecule has 1 aliphatic rings. The number of nitrogens with zero attached hydrogens (tertiary/aromatic N) is 2. The van der Waals surface area contributed by atoms with E-state index < -0.39 is 0 Å². The Morgan fingerprint density at radius 2 is 2.00 bits per heavy atom. The van der Waals surface area contributed by atoms with Gasteiger partial charge in [-0.2, -0.15) is 4.98 Å². The van der Waals surface area contributed by atoms with Crippen molar-refractivity contribution in [2.75, 3.05) is 0 Å². The third kappa shape index (κ3) is 3.53. The van der Waals surface area contributed by atoms with Crippen molar-refractivity contribution in [2.45, 2.75) is 58.4 Å². The molecule has 0 aliphatic heterocycles. The Morgan fingerprint density at radius 1 is 1.29 bits per heavy atom. The van der Waals surface area contributed by atoms with Crippen LogP contribution in [0.3, 0.4) is 0 Å². The lowest BCUT2D eigenvalue weighted by Gasteiger charge is -2.16. The molecular weight excluding hydrogens is 214 g/mol. The monoisotopic (exact) mass is 237 g/mol. The van der Waals surface area contributed by atoms with Gasteiger partial charge in [0.15, 0.2) is 5.82 Å². The molecule has 0 amide bonds. The molecule has 0 saturated heterocycles. The first-order chi connectivity index (χ1) is 8.15. The van der Waals surface area contributed by atoms with Crippen molar-refractivity contribution in [3.05, 3.63) is 11.7 Å². The lowest BCUT2D eigenvalue weighted by molar-refractivity contribution is 0.337. The maximum Gasteiger partial charge on any atom is 0.228 e. The second kappa shape index (κ2) is 5.63. The van der Waals surface area contributed by atoms with Gasteiger partial charge in [0.1, 0.15) is 0 Å². The quantitative estimate of drug-likeness (QED) is 0.853. The molecule has 17 heavy (non-hydrogen) atoms. The number of hydrogen-bond donors (Lipinski definition) is 1. The number of rotatable bonds is 5. The average Bonchev–Trinajstić information content (AvgIpc) is 2.87. The van der Waals surface area contributed by atoms with Crippen LogP contribution in [0, 0.1) is 11.8 Å². The first-order valence-electron chi connectivity index (χ1n) is 6.72. The van der Waals surface area contributed by atoms with Crippen LogP contribution in [0.15, 0.2) is 4.52 Å². The Bertz CT molecular complexity index is 342. The SMILES string of the molecule is CC(C)Cc1noc(CC(N)C2CCCC2)n1.